The van der Waals surface area contributed by atoms with Crippen LogP contribution in [0, 0.1) is 13.8 Å². The van der Waals surface area contributed by atoms with Crippen molar-refractivity contribution in [2.75, 3.05) is 0 Å². The quantitative estimate of drug-likeness (QED) is 0.763. The van der Waals surface area contributed by atoms with Crippen LogP contribution in [0.3, 0.4) is 0 Å². The Hall–Kier alpha value is -2.14. The van der Waals surface area contributed by atoms with Crippen LogP contribution in [0.2, 0.25) is 0 Å². The summed E-state index contributed by atoms with van der Waals surface area (Å²) in [5.41, 5.74) is 10.4. The van der Waals surface area contributed by atoms with Crippen LogP contribution in [0.1, 0.15) is 17.4 Å². The van der Waals surface area contributed by atoms with E-state index >= 15 is 0 Å². The summed E-state index contributed by atoms with van der Waals surface area (Å²) in [6, 6.07) is 5.94. The molecule has 0 bridgehead atoms. The molecule has 0 radical (unpaired) electrons. The van der Waals surface area contributed by atoms with E-state index in [1.165, 1.54) is 0 Å². The highest BCUT2D eigenvalue weighted by molar-refractivity contribution is 5.80. The second-order valence-electron chi connectivity index (χ2n) is 4.64. The molecule has 0 aliphatic rings. The molecular formula is C14H16N4O. The number of oxazole rings is 1. The molecular weight excluding hydrogens is 240 g/mol. The molecule has 5 heteroatoms. The molecule has 0 spiro atoms. The van der Waals surface area contributed by atoms with Gasteiger partial charge >= 0.3 is 0 Å². The molecule has 0 unspecified atom stereocenters. The fourth-order valence-corrected chi connectivity index (χ4v) is 2.28. The monoisotopic (exact) mass is 256 g/mol. The standard InChI is InChI=1S/C14H16N4O/c1-8-14(17-13(7-15)18(8)3)10-4-5-12-11(6-10)16-9(2)19-12/h4-6H,7,15H2,1-3H3. The van der Waals surface area contributed by atoms with Crippen molar-refractivity contribution >= 4 is 11.1 Å². The van der Waals surface area contributed by atoms with Crippen molar-refractivity contribution in [3.05, 3.63) is 35.6 Å². The lowest BCUT2D eigenvalue weighted by Crippen LogP contribution is -2.05. The Kier molecular flexibility index (Phi) is 2.64. The van der Waals surface area contributed by atoms with E-state index in [4.69, 9.17) is 10.2 Å². The molecule has 3 rings (SSSR count). The maximum Gasteiger partial charge on any atom is 0.192 e. The molecule has 0 fully saturated rings. The van der Waals surface area contributed by atoms with Crippen LogP contribution in [0.5, 0.6) is 0 Å². The molecule has 5 nitrogen and oxygen atoms in total. The molecule has 98 valence electrons. The Balaban J connectivity index is 2.18. The zero-order valence-electron chi connectivity index (χ0n) is 11.3. The summed E-state index contributed by atoms with van der Waals surface area (Å²) in [6.45, 7) is 4.32. The highest BCUT2D eigenvalue weighted by Crippen LogP contribution is 2.26. The molecule has 1 aromatic carbocycles. The molecule has 2 N–H and O–H groups in total. The van der Waals surface area contributed by atoms with E-state index < -0.39 is 0 Å². The van der Waals surface area contributed by atoms with Gasteiger partial charge in [0.25, 0.3) is 0 Å². The fraction of sp³-hybridized carbons (Fsp3) is 0.286. The Bertz CT molecular complexity index is 754. The zero-order chi connectivity index (χ0) is 13.6. The van der Waals surface area contributed by atoms with Crippen LogP contribution < -0.4 is 5.73 Å². The van der Waals surface area contributed by atoms with Crippen LogP contribution in [0.4, 0.5) is 0 Å². The molecule has 0 saturated carbocycles. The lowest BCUT2D eigenvalue weighted by molar-refractivity contribution is 0.561. The van der Waals surface area contributed by atoms with Gasteiger partial charge in [-0.2, -0.15) is 0 Å². The molecule has 19 heavy (non-hydrogen) atoms. The highest BCUT2D eigenvalue weighted by Gasteiger charge is 2.13. The maximum absolute atomic E-state index is 5.69. The van der Waals surface area contributed by atoms with E-state index in [-0.39, 0.29) is 0 Å². The number of hydrogen-bond acceptors (Lipinski definition) is 4. The first-order valence-electron chi connectivity index (χ1n) is 6.20. The first kappa shape index (κ1) is 11.9. The van der Waals surface area contributed by atoms with Gasteiger partial charge in [-0.15, -0.1) is 0 Å². The summed E-state index contributed by atoms with van der Waals surface area (Å²) in [7, 11) is 1.98. The lowest BCUT2D eigenvalue weighted by atomic mass is 10.1. The van der Waals surface area contributed by atoms with Gasteiger partial charge in [-0.25, -0.2) is 9.97 Å². The van der Waals surface area contributed by atoms with Gasteiger partial charge in [-0.05, 0) is 25.1 Å². The Morgan fingerprint density at radius 3 is 2.74 bits per heavy atom. The second kappa shape index (κ2) is 4.20. The molecule has 0 amide bonds. The molecule has 0 aliphatic carbocycles. The number of benzene rings is 1. The molecule has 3 aromatic rings. The fourth-order valence-electron chi connectivity index (χ4n) is 2.28. The molecule has 0 saturated heterocycles. The van der Waals surface area contributed by atoms with Gasteiger partial charge in [0.1, 0.15) is 11.3 Å². The zero-order valence-corrected chi connectivity index (χ0v) is 11.3. The number of aromatic nitrogens is 3. The molecule has 2 heterocycles. The summed E-state index contributed by atoms with van der Waals surface area (Å²) in [5.74, 6) is 1.55. The van der Waals surface area contributed by atoms with Crippen LogP contribution in [0.25, 0.3) is 22.4 Å². The van der Waals surface area contributed by atoms with E-state index in [1.807, 2.05) is 43.7 Å². The Labute approximate surface area is 111 Å². The predicted octanol–water partition coefficient (Wildman–Crippen LogP) is 2.30. The van der Waals surface area contributed by atoms with E-state index in [2.05, 4.69) is 9.97 Å². The van der Waals surface area contributed by atoms with Crippen LogP contribution in [-0.4, -0.2) is 14.5 Å². The highest BCUT2D eigenvalue weighted by atomic mass is 16.3. The topological polar surface area (TPSA) is 69.9 Å². The first-order chi connectivity index (χ1) is 9.10. The van der Waals surface area contributed by atoms with Gasteiger partial charge < -0.3 is 14.7 Å². The number of fused-ring (bicyclic) bond motifs is 1. The maximum atomic E-state index is 5.69. The molecule has 2 aromatic heterocycles. The number of nitrogens with zero attached hydrogens (tertiary/aromatic N) is 3. The summed E-state index contributed by atoms with van der Waals surface area (Å²) < 4.78 is 7.50. The van der Waals surface area contributed by atoms with Crippen LogP contribution in [-0.2, 0) is 13.6 Å². The van der Waals surface area contributed by atoms with Crippen molar-refractivity contribution in [3.63, 3.8) is 0 Å². The minimum absolute atomic E-state index is 0.433. The number of hydrogen-bond donors (Lipinski definition) is 1. The number of imidazole rings is 1. The van der Waals surface area contributed by atoms with Gasteiger partial charge in [0, 0.05) is 25.2 Å². The van der Waals surface area contributed by atoms with Gasteiger partial charge in [0.15, 0.2) is 11.5 Å². The van der Waals surface area contributed by atoms with Gasteiger partial charge in [0.05, 0.1) is 12.2 Å². The molecule has 0 aliphatic heterocycles. The second-order valence-corrected chi connectivity index (χ2v) is 4.64. The van der Waals surface area contributed by atoms with E-state index in [9.17, 15) is 0 Å². The van der Waals surface area contributed by atoms with Crippen molar-refractivity contribution in [2.24, 2.45) is 12.8 Å². The summed E-state index contributed by atoms with van der Waals surface area (Å²) >= 11 is 0. The molecule has 0 atom stereocenters. The number of rotatable bonds is 2. The summed E-state index contributed by atoms with van der Waals surface area (Å²) in [6.07, 6.45) is 0. The van der Waals surface area contributed by atoms with Crippen molar-refractivity contribution in [2.45, 2.75) is 20.4 Å². The van der Waals surface area contributed by atoms with Gasteiger partial charge in [-0.3, -0.25) is 0 Å². The minimum atomic E-state index is 0.433. The number of nitrogens with two attached hydrogens (primary N) is 1. The Morgan fingerprint density at radius 1 is 1.26 bits per heavy atom. The third-order valence-electron chi connectivity index (χ3n) is 3.42. The smallest absolute Gasteiger partial charge is 0.192 e. The average molecular weight is 256 g/mol. The van der Waals surface area contributed by atoms with E-state index in [1.54, 1.807) is 0 Å². The summed E-state index contributed by atoms with van der Waals surface area (Å²) in [4.78, 5) is 8.94. The van der Waals surface area contributed by atoms with Gasteiger partial charge in [0.2, 0.25) is 0 Å². The minimum Gasteiger partial charge on any atom is -0.441 e. The average Bonchev–Trinajstić information content (AvgIpc) is 2.90. The third-order valence-corrected chi connectivity index (χ3v) is 3.42. The van der Waals surface area contributed by atoms with Crippen molar-refractivity contribution < 1.29 is 4.42 Å². The van der Waals surface area contributed by atoms with E-state index in [0.717, 1.165) is 33.9 Å². The van der Waals surface area contributed by atoms with Crippen molar-refractivity contribution in [1.29, 1.82) is 0 Å². The number of aryl methyl sites for hydroxylation is 1. The summed E-state index contributed by atoms with van der Waals surface area (Å²) in [5, 5.41) is 0. The normalized spacial score (nSPS) is 11.4. The Morgan fingerprint density at radius 2 is 2.05 bits per heavy atom. The SMILES string of the molecule is Cc1nc2cc(-c3nc(CN)n(C)c3C)ccc2o1. The lowest BCUT2D eigenvalue weighted by Gasteiger charge is -2.00. The first-order valence-corrected chi connectivity index (χ1v) is 6.20. The van der Waals surface area contributed by atoms with E-state index in [0.29, 0.717) is 12.4 Å². The third kappa shape index (κ3) is 1.82. The van der Waals surface area contributed by atoms with Crippen LogP contribution >= 0.6 is 0 Å². The van der Waals surface area contributed by atoms with Crippen LogP contribution in [0.15, 0.2) is 22.6 Å². The van der Waals surface area contributed by atoms with Gasteiger partial charge in [-0.1, -0.05) is 0 Å². The predicted molar refractivity (Wildman–Crippen MR) is 73.6 cm³/mol. The largest absolute Gasteiger partial charge is 0.441 e. The van der Waals surface area contributed by atoms with Crippen molar-refractivity contribution in [1.82, 2.24) is 14.5 Å². The van der Waals surface area contributed by atoms with Crippen molar-refractivity contribution in [3.8, 4) is 11.3 Å².